The Bertz CT molecular complexity index is 1220. The molecule has 2 aromatic carbocycles. The molecule has 156 valence electrons. The smallest absolute Gasteiger partial charge is 0.264 e. The highest BCUT2D eigenvalue weighted by atomic mass is 35.5. The number of halogens is 2. The third-order valence-electron chi connectivity index (χ3n) is 4.96. The van der Waals surface area contributed by atoms with Gasteiger partial charge in [0.15, 0.2) is 0 Å². The molecule has 10 heteroatoms. The van der Waals surface area contributed by atoms with Crippen LogP contribution in [-0.4, -0.2) is 49.1 Å². The summed E-state index contributed by atoms with van der Waals surface area (Å²) < 4.78 is 41.8. The first-order valence-corrected chi connectivity index (χ1v) is 11.0. The molecule has 1 fully saturated rings. The van der Waals surface area contributed by atoms with E-state index in [-0.39, 0.29) is 34.4 Å². The molecule has 0 atom stereocenters. The lowest BCUT2D eigenvalue weighted by molar-refractivity contribution is 0.383. The van der Waals surface area contributed by atoms with Crippen molar-refractivity contribution >= 4 is 27.3 Å². The quantitative estimate of drug-likeness (QED) is 0.663. The Morgan fingerprint density at radius 3 is 2.40 bits per heavy atom. The number of H-pyrrole nitrogens is 1. The van der Waals surface area contributed by atoms with Gasteiger partial charge in [-0.1, -0.05) is 29.8 Å². The van der Waals surface area contributed by atoms with Gasteiger partial charge in [0.1, 0.15) is 10.7 Å². The van der Waals surface area contributed by atoms with Gasteiger partial charge in [0.05, 0.1) is 16.4 Å². The molecule has 0 amide bonds. The van der Waals surface area contributed by atoms with E-state index in [1.165, 1.54) is 34.6 Å². The fraction of sp³-hybridized carbons (Fsp3) is 0.200. The van der Waals surface area contributed by atoms with E-state index < -0.39 is 10.0 Å². The number of aromatic nitrogens is 2. The molecular weight excluding hydrogens is 431 g/mol. The molecule has 0 radical (unpaired) electrons. The second kappa shape index (κ2) is 8.17. The van der Waals surface area contributed by atoms with E-state index in [9.17, 15) is 17.6 Å². The standard InChI is InChI=1S/C20H18ClFN4O3S/c21-15-6-5-14(17-7-8-20(27)24-23-17)13-19(15)30(28,29)26-11-9-25(10-12-26)18-4-2-1-3-16(18)22/h1-8,13H,9-12H2,(H,24,27). The molecule has 7 nitrogen and oxygen atoms in total. The Morgan fingerprint density at radius 2 is 1.73 bits per heavy atom. The van der Waals surface area contributed by atoms with Crippen LogP contribution >= 0.6 is 11.6 Å². The topological polar surface area (TPSA) is 86.4 Å². The fourth-order valence-electron chi connectivity index (χ4n) is 3.38. The van der Waals surface area contributed by atoms with E-state index in [1.54, 1.807) is 24.3 Å². The number of hydrogen-bond acceptors (Lipinski definition) is 5. The highest BCUT2D eigenvalue weighted by Crippen LogP contribution is 2.30. The molecule has 0 bridgehead atoms. The fourth-order valence-corrected chi connectivity index (χ4v) is 5.30. The maximum atomic E-state index is 14.0. The predicted molar refractivity (Wildman–Crippen MR) is 113 cm³/mol. The molecule has 0 unspecified atom stereocenters. The van der Waals surface area contributed by atoms with Crippen molar-refractivity contribution in [2.24, 2.45) is 0 Å². The minimum atomic E-state index is -3.87. The van der Waals surface area contributed by atoms with Crippen molar-refractivity contribution in [2.45, 2.75) is 4.90 Å². The second-order valence-corrected chi connectivity index (χ2v) is 9.11. The Balaban J connectivity index is 1.58. The lowest BCUT2D eigenvalue weighted by Crippen LogP contribution is -2.49. The van der Waals surface area contributed by atoms with E-state index in [0.717, 1.165) is 0 Å². The summed E-state index contributed by atoms with van der Waals surface area (Å²) in [6.07, 6.45) is 0. The maximum Gasteiger partial charge on any atom is 0.264 e. The van der Waals surface area contributed by atoms with Gasteiger partial charge in [-0.3, -0.25) is 4.79 Å². The molecule has 0 saturated carbocycles. The van der Waals surface area contributed by atoms with Crippen LogP contribution in [0.1, 0.15) is 0 Å². The highest BCUT2D eigenvalue weighted by Gasteiger charge is 2.31. The second-order valence-electron chi connectivity index (χ2n) is 6.79. The molecule has 1 N–H and O–H groups in total. The molecular formula is C20H18ClFN4O3S. The van der Waals surface area contributed by atoms with E-state index in [1.807, 2.05) is 4.90 Å². The highest BCUT2D eigenvalue weighted by molar-refractivity contribution is 7.89. The molecule has 30 heavy (non-hydrogen) atoms. The number of aromatic amines is 1. The van der Waals surface area contributed by atoms with Gasteiger partial charge in [0.2, 0.25) is 10.0 Å². The van der Waals surface area contributed by atoms with Crippen molar-refractivity contribution in [1.29, 1.82) is 0 Å². The van der Waals surface area contributed by atoms with Gasteiger partial charge in [-0.05, 0) is 30.3 Å². The molecule has 1 aliphatic rings. The summed E-state index contributed by atoms with van der Waals surface area (Å²) in [4.78, 5) is 13.0. The average molecular weight is 449 g/mol. The van der Waals surface area contributed by atoms with E-state index in [4.69, 9.17) is 11.6 Å². The van der Waals surface area contributed by atoms with Crippen molar-refractivity contribution in [3.63, 3.8) is 0 Å². The number of nitrogens with zero attached hydrogens (tertiary/aromatic N) is 3. The van der Waals surface area contributed by atoms with Crippen LogP contribution in [0.5, 0.6) is 0 Å². The predicted octanol–water partition coefficient (Wildman–Crippen LogP) is 2.74. The summed E-state index contributed by atoms with van der Waals surface area (Å²) in [6, 6.07) is 13.8. The Hall–Kier alpha value is -2.75. The summed E-state index contributed by atoms with van der Waals surface area (Å²) in [5.41, 5.74) is 1.04. The van der Waals surface area contributed by atoms with Gasteiger partial charge >= 0.3 is 0 Å². The van der Waals surface area contributed by atoms with Crippen molar-refractivity contribution in [2.75, 3.05) is 31.1 Å². The van der Waals surface area contributed by atoms with Crippen molar-refractivity contribution in [3.8, 4) is 11.3 Å². The van der Waals surface area contributed by atoms with Crippen molar-refractivity contribution < 1.29 is 12.8 Å². The number of anilines is 1. The zero-order chi connectivity index (χ0) is 21.3. The van der Waals surface area contributed by atoms with Crippen molar-refractivity contribution in [1.82, 2.24) is 14.5 Å². The number of benzene rings is 2. The number of nitrogens with one attached hydrogen (secondary N) is 1. The lowest BCUT2D eigenvalue weighted by atomic mass is 10.1. The van der Waals surface area contributed by atoms with Gasteiger partial charge in [0.25, 0.3) is 5.56 Å². The van der Waals surface area contributed by atoms with Crippen LogP contribution in [0.3, 0.4) is 0 Å². The van der Waals surface area contributed by atoms with Crippen LogP contribution in [0.15, 0.2) is 64.3 Å². The van der Waals surface area contributed by atoms with Gasteiger partial charge in [-0.25, -0.2) is 17.9 Å². The first-order valence-electron chi connectivity index (χ1n) is 9.21. The summed E-state index contributed by atoms with van der Waals surface area (Å²) in [6.45, 7) is 1.13. The molecule has 1 aliphatic heterocycles. The molecule has 1 saturated heterocycles. The monoisotopic (exact) mass is 448 g/mol. The molecule has 0 spiro atoms. The summed E-state index contributed by atoms with van der Waals surface area (Å²) in [7, 11) is -3.87. The number of sulfonamides is 1. The van der Waals surface area contributed by atoms with E-state index >= 15 is 0 Å². The molecule has 4 rings (SSSR count). The van der Waals surface area contributed by atoms with Gasteiger partial charge in [-0.15, -0.1) is 0 Å². The molecule has 3 aromatic rings. The Kier molecular flexibility index (Phi) is 5.59. The minimum Gasteiger partial charge on any atom is -0.367 e. The lowest BCUT2D eigenvalue weighted by Gasteiger charge is -2.35. The van der Waals surface area contributed by atoms with Crippen LogP contribution in [0.25, 0.3) is 11.3 Å². The molecule has 0 aliphatic carbocycles. The van der Waals surface area contributed by atoms with E-state index in [2.05, 4.69) is 10.2 Å². The average Bonchev–Trinajstić information content (AvgIpc) is 2.75. The SMILES string of the molecule is O=c1ccc(-c2ccc(Cl)c(S(=O)(=O)N3CCN(c4ccccc4F)CC3)c2)n[nH]1. The normalized spacial score (nSPS) is 15.3. The minimum absolute atomic E-state index is 0.0333. The first kappa shape index (κ1) is 20.5. The summed E-state index contributed by atoms with van der Waals surface area (Å²) >= 11 is 6.21. The van der Waals surface area contributed by atoms with Crippen LogP contribution in [0.2, 0.25) is 5.02 Å². The Labute approximate surface area is 177 Å². The zero-order valence-electron chi connectivity index (χ0n) is 15.8. The van der Waals surface area contributed by atoms with Crippen LogP contribution < -0.4 is 10.5 Å². The zero-order valence-corrected chi connectivity index (χ0v) is 17.3. The van der Waals surface area contributed by atoms with E-state index in [0.29, 0.717) is 30.0 Å². The molecule has 2 heterocycles. The first-order chi connectivity index (χ1) is 14.4. The van der Waals surface area contributed by atoms with Gasteiger partial charge < -0.3 is 4.90 Å². The Morgan fingerprint density at radius 1 is 1.00 bits per heavy atom. The number of para-hydroxylation sites is 1. The third-order valence-corrected chi connectivity index (χ3v) is 7.34. The summed E-state index contributed by atoms with van der Waals surface area (Å²) in [5, 5.41) is 6.36. The maximum absolute atomic E-state index is 14.0. The molecule has 1 aromatic heterocycles. The number of hydrogen-bond donors (Lipinski definition) is 1. The third kappa shape index (κ3) is 3.96. The van der Waals surface area contributed by atoms with Gasteiger partial charge in [-0.2, -0.15) is 9.40 Å². The van der Waals surface area contributed by atoms with Crippen LogP contribution in [0.4, 0.5) is 10.1 Å². The number of rotatable bonds is 4. The van der Waals surface area contributed by atoms with Crippen LogP contribution in [-0.2, 0) is 10.0 Å². The number of piperazine rings is 1. The van der Waals surface area contributed by atoms with Crippen molar-refractivity contribution in [3.05, 3.63) is 75.8 Å². The van der Waals surface area contributed by atoms with Crippen LogP contribution in [0, 0.1) is 5.82 Å². The van der Waals surface area contributed by atoms with Gasteiger partial charge in [0, 0.05) is 37.8 Å². The summed E-state index contributed by atoms with van der Waals surface area (Å²) in [5.74, 6) is -0.335. The largest absolute Gasteiger partial charge is 0.367 e.